The molecule has 17 heavy (non-hydrogen) atoms. The molecule has 2 rings (SSSR count). The molecule has 2 nitrogen and oxygen atoms in total. The topological polar surface area (TPSA) is 26.3 Å². The fraction of sp³-hybridized carbons (Fsp3) is 0.500. The third-order valence-electron chi connectivity index (χ3n) is 3.21. The number of rotatable bonds is 3. The Morgan fingerprint density at radius 2 is 1.88 bits per heavy atom. The van der Waals surface area contributed by atoms with E-state index in [9.17, 15) is 4.79 Å². The Bertz CT molecular complexity index is 382. The van der Waals surface area contributed by atoms with Crippen LogP contribution in [0.25, 0.3) is 0 Å². The minimum absolute atomic E-state index is 0.205. The highest BCUT2D eigenvalue weighted by Gasteiger charge is 2.17. The Morgan fingerprint density at radius 3 is 2.53 bits per heavy atom. The van der Waals surface area contributed by atoms with Gasteiger partial charge < -0.3 is 4.74 Å². The van der Waals surface area contributed by atoms with E-state index in [4.69, 9.17) is 16.3 Å². The predicted octanol–water partition coefficient (Wildman–Crippen LogP) is 4.25. The first-order valence-electron chi connectivity index (χ1n) is 6.21. The number of benzene rings is 1. The average molecular weight is 253 g/mol. The van der Waals surface area contributed by atoms with Crippen molar-refractivity contribution in [1.82, 2.24) is 0 Å². The minimum atomic E-state index is 0.205. The molecule has 1 saturated carbocycles. The van der Waals surface area contributed by atoms with Crippen molar-refractivity contribution in [3.8, 4) is 5.75 Å². The van der Waals surface area contributed by atoms with Gasteiger partial charge in [0.15, 0.2) is 6.29 Å². The molecule has 0 amide bonds. The van der Waals surface area contributed by atoms with Crippen LogP contribution in [0.2, 0.25) is 5.02 Å². The molecule has 3 heteroatoms. The zero-order valence-electron chi connectivity index (χ0n) is 9.82. The molecule has 1 aliphatic carbocycles. The highest BCUT2D eigenvalue weighted by Crippen LogP contribution is 2.31. The van der Waals surface area contributed by atoms with Gasteiger partial charge >= 0.3 is 0 Å². The van der Waals surface area contributed by atoms with Gasteiger partial charge in [-0.3, -0.25) is 4.79 Å². The normalized spacial score (nSPS) is 17.5. The van der Waals surface area contributed by atoms with Crippen LogP contribution >= 0.6 is 11.6 Å². The number of hydrogen-bond donors (Lipinski definition) is 0. The maximum absolute atomic E-state index is 11.0. The van der Waals surface area contributed by atoms with Crippen LogP contribution in [-0.2, 0) is 0 Å². The van der Waals surface area contributed by atoms with Gasteiger partial charge in [-0.2, -0.15) is 0 Å². The summed E-state index contributed by atoms with van der Waals surface area (Å²) in [4.78, 5) is 11.0. The van der Waals surface area contributed by atoms with Crippen LogP contribution in [0.3, 0.4) is 0 Å². The molecule has 0 saturated heterocycles. The van der Waals surface area contributed by atoms with Crippen molar-refractivity contribution in [3.63, 3.8) is 0 Å². The first kappa shape index (κ1) is 12.4. The molecule has 0 N–H and O–H groups in total. The molecule has 92 valence electrons. The lowest BCUT2D eigenvalue weighted by Crippen LogP contribution is -2.16. The number of carbonyl (C=O) groups is 1. The van der Waals surface area contributed by atoms with Crippen molar-refractivity contribution >= 4 is 17.9 Å². The maximum Gasteiger partial charge on any atom is 0.153 e. The molecule has 0 spiro atoms. The molecule has 1 aromatic carbocycles. The van der Waals surface area contributed by atoms with Crippen LogP contribution in [-0.4, -0.2) is 12.4 Å². The standard InChI is InChI=1S/C14H17ClO2/c15-13-9-5-6-11(10-16)14(13)17-12-7-3-1-2-4-8-12/h5-6,9-10,12H,1-4,7-8H2. The third kappa shape index (κ3) is 3.22. The molecule has 0 aromatic heterocycles. The van der Waals surface area contributed by atoms with E-state index in [0.29, 0.717) is 16.3 Å². The molecule has 0 atom stereocenters. The summed E-state index contributed by atoms with van der Waals surface area (Å²) in [5.41, 5.74) is 0.543. The summed E-state index contributed by atoms with van der Waals surface area (Å²) >= 11 is 6.08. The first-order chi connectivity index (χ1) is 8.31. The van der Waals surface area contributed by atoms with Crippen molar-refractivity contribution in [2.24, 2.45) is 0 Å². The summed E-state index contributed by atoms with van der Waals surface area (Å²) in [6.07, 6.45) is 8.09. The zero-order chi connectivity index (χ0) is 12.1. The summed E-state index contributed by atoms with van der Waals surface area (Å²) in [7, 11) is 0. The number of ether oxygens (including phenoxy) is 1. The Hall–Kier alpha value is -1.02. The maximum atomic E-state index is 11.0. The Balaban J connectivity index is 2.13. The third-order valence-corrected chi connectivity index (χ3v) is 3.51. The van der Waals surface area contributed by atoms with Gasteiger partial charge in [-0.05, 0) is 37.8 Å². The predicted molar refractivity (Wildman–Crippen MR) is 69.0 cm³/mol. The molecule has 0 heterocycles. The molecular formula is C14H17ClO2. The Kier molecular flexibility index (Phi) is 4.43. The lowest BCUT2D eigenvalue weighted by Gasteiger charge is -2.19. The average Bonchev–Trinajstić information content (AvgIpc) is 2.60. The van der Waals surface area contributed by atoms with Gasteiger partial charge in [0.1, 0.15) is 5.75 Å². The molecule has 0 aliphatic heterocycles. The lowest BCUT2D eigenvalue weighted by atomic mass is 10.1. The molecule has 0 radical (unpaired) electrons. The highest BCUT2D eigenvalue weighted by atomic mass is 35.5. The quantitative estimate of drug-likeness (QED) is 0.594. The summed E-state index contributed by atoms with van der Waals surface area (Å²) in [5, 5.41) is 0.527. The van der Waals surface area contributed by atoms with Crippen LogP contribution in [0.15, 0.2) is 18.2 Å². The number of para-hydroxylation sites is 1. The second-order valence-electron chi connectivity index (χ2n) is 4.51. The van der Waals surface area contributed by atoms with E-state index in [1.807, 2.05) is 0 Å². The number of halogens is 1. The Morgan fingerprint density at radius 1 is 1.18 bits per heavy atom. The molecule has 0 bridgehead atoms. The number of hydrogen-bond acceptors (Lipinski definition) is 2. The van der Waals surface area contributed by atoms with E-state index in [2.05, 4.69) is 0 Å². The largest absolute Gasteiger partial charge is 0.488 e. The second-order valence-corrected chi connectivity index (χ2v) is 4.91. The van der Waals surface area contributed by atoms with E-state index in [0.717, 1.165) is 19.1 Å². The Labute approximate surface area is 107 Å². The van der Waals surface area contributed by atoms with E-state index < -0.39 is 0 Å². The number of carbonyl (C=O) groups excluding carboxylic acids is 1. The SMILES string of the molecule is O=Cc1cccc(Cl)c1OC1CCCCCC1. The van der Waals surface area contributed by atoms with Gasteiger partial charge in [0.25, 0.3) is 0 Å². The summed E-state index contributed by atoms with van der Waals surface area (Å²) in [5.74, 6) is 0.552. The smallest absolute Gasteiger partial charge is 0.153 e. The van der Waals surface area contributed by atoms with Crippen LogP contribution < -0.4 is 4.74 Å². The van der Waals surface area contributed by atoms with Crippen LogP contribution in [0, 0.1) is 0 Å². The van der Waals surface area contributed by atoms with Crippen molar-refractivity contribution in [2.45, 2.75) is 44.6 Å². The molecule has 1 aliphatic rings. The van der Waals surface area contributed by atoms with Crippen molar-refractivity contribution in [1.29, 1.82) is 0 Å². The van der Waals surface area contributed by atoms with Gasteiger partial charge in [0.05, 0.1) is 16.7 Å². The van der Waals surface area contributed by atoms with Crippen molar-refractivity contribution < 1.29 is 9.53 Å². The van der Waals surface area contributed by atoms with E-state index in [-0.39, 0.29) is 6.10 Å². The molecular weight excluding hydrogens is 236 g/mol. The van der Waals surface area contributed by atoms with E-state index in [1.165, 1.54) is 25.7 Å². The highest BCUT2D eigenvalue weighted by molar-refractivity contribution is 6.32. The van der Waals surface area contributed by atoms with Gasteiger partial charge in [-0.25, -0.2) is 0 Å². The minimum Gasteiger partial charge on any atom is -0.488 e. The fourth-order valence-electron chi connectivity index (χ4n) is 2.27. The first-order valence-corrected chi connectivity index (χ1v) is 6.59. The van der Waals surface area contributed by atoms with E-state index >= 15 is 0 Å². The van der Waals surface area contributed by atoms with Crippen LogP contribution in [0.4, 0.5) is 0 Å². The van der Waals surface area contributed by atoms with Gasteiger partial charge in [-0.1, -0.05) is 30.5 Å². The van der Waals surface area contributed by atoms with Crippen molar-refractivity contribution in [3.05, 3.63) is 28.8 Å². The summed E-state index contributed by atoms with van der Waals surface area (Å²) < 4.78 is 5.92. The fourth-order valence-corrected chi connectivity index (χ4v) is 2.50. The molecule has 0 unspecified atom stereocenters. The number of aldehydes is 1. The molecule has 1 fully saturated rings. The van der Waals surface area contributed by atoms with Gasteiger partial charge in [0.2, 0.25) is 0 Å². The summed E-state index contributed by atoms with van der Waals surface area (Å²) in [6.45, 7) is 0. The summed E-state index contributed by atoms with van der Waals surface area (Å²) in [6, 6.07) is 5.28. The van der Waals surface area contributed by atoms with E-state index in [1.54, 1.807) is 18.2 Å². The van der Waals surface area contributed by atoms with Gasteiger partial charge in [-0.15, -0.1) is 0 Å². The second kappa shape index (κ2) is 6.06. The monoisotopic (exact) mass is 252 g/mol. The van der Waals surface area contributed by atoms with Crippen LogP contribution in [0.1, 0.15) is 48.9 Å². The van der Waals surface area contributed by atoms with Gasteiger partial charge in [0, 0.05) is 0 Å². The van der Waals surface area contributed by atoms with Crippen LogP contribution in [0.5, 0.6) is 5.75 Å². The lowest BCUT2D eigenvalue weighted by molar-refractivity contribution is 0.111. The zero-order valence-corrected chi connectivity index (χ0v) is 10.6. The van der Waals surface area contributed by atoms with Crippen molar-refractivity contribution in [2.75, 3.05) is 0 Å². The molecule has 1 aromatic rings.